The molecule has 2 N–H and O–H groups in total. The number of carbonyl (C=O) groups is 2. The third kappa shape index (κ3) is 6.03. The molecule has 0 unspecified atom stereocenters. The summed E-state index contributed by atoms with van der Waals surface area (Å²) < 4.78 is 0. The van der Waals surface area contributed by atoms with Crippen LogP contribution in [0.1, 0.15) is 64.7 Å². The number of carboxylic acid groups (broad SMARTS) is 1. The first-order chi connectivity index (χ1) is 8.52. The molecule has 0 aromatic heterocycles. The van der Waals surface area contributed by atoms with Gasteiger partial charge in [0.2, 0.25) is 5.91 Å². The van der Waals surface area contributed by atoms with Crippen LogP contribution in [-0.2, 0) is 9.59 Å². The monoisotopic (exact) mass is 255 g/mol. The predicted octanol–water partition coefficient (Wildman–Crippen LogP) is 2.72. The second-order valence-corrected chi connectivity index (χ2v) is 5.75. The molecule has 1 aliphatic rings. The number of unbranched alkanes of at least 4 members (excludes halogenated alkanes) is 1. The number of amides is 1. The molecule has 18 heavy (non-hydrogen) atoms. The smallest absolute Gasteiger partial charge is 0.303 e. The van der Waals surface area contributed by atoms with Gasteiger partial charge in [0.15, 0.2) is 0 Å². The molecule has 4 nitrogen and oxygen atoms in total. The van der Waals surface area contributed by atoms with E-state index < -0.39 is 5.97 Å². The van der Waals surface area contributed by atoms with E-state index in [0.29, 0.717) is 19.3 Å². The SMILES string of the molecule is CC1(CNC(=O)CCCCC(=O)O)CCCCC1. The molecule has 1 amide bonds. The molecule has 0 radical (unpaired) electrons. The van der Waals surface area contributed by atoms with Crippen molar-refractivity contribution in [3.05, 3.63) is 0 Å². The van der Waals surface area contributed by atoms with Gasteiger partial charge >= 0.3 is 5.97 Å². The molecule has 1 aliphatic carbocycles. The van der Waals surface area contributed by atoms with E-state index in [0.717, 1.165) is 6.54 Å². The minimum absolute atomic E-state index is 0.0622. The van der Waals surface area contributed by atoms with Crippen LogP contribution < -0.4 is 5.32 Å². The van der Waals surface area contributed by atoms with Crippen LogP contribution in [0.3, 0.4) is 0 Å². The maximum atomic E-state index is 11.6. The Balaban J connectivity index is 2.10. The van der Waals surface area contributed by atoms with Crippen LogP contribution in [0, 0.1) is 5.41 Å². The lowest BCUT2D eigenvalue weighted by molar-refractivity contribution is -0.137. The normalized spacial score (nSPS) is 18.3. The maximum Gasteiger partial charge on any atom is 0.303 e. The zero-order chi connectivity index (χ0) is 13.4. The van der Waals surface area contributed by atoms with Crippen LogP contribution in [0.5, 0.6) is 0 Å². The summed E-state index contributed by atoms with van der Waals surface area (Å²) in [6, 6.07) is 0. The van der Waals surface area contributed by atoms with Gasteiger partial charge in [-0.25, -0.2) is 0 Å². The van der Waals surface area contributed by atoms with E-state index in [2.05, 4.69) is 12.2 Å². The number of carboxylic acids is 1. The van der Waals surface area contributed by atoms with E-state index in [-0.39, 0.29) is 17.7 Å². The van der Waals surface area contributed by atoms with Gasteiger partial charge in [-0.1, -0.05) is 26.2 Å². The van der Waals surface area contributed by atoms with Gasteiger partial charge in [-0.05, 0) is 31.1 Å². The van der Waals surface area contributed by atoms with Crippen LogP contribution in [0.15, 0.2) is 0 Å². The van der Waals surface area contributed by atoms with Crippen molar-refractivity contribution in [2.75, 3.05) is 6.54 Å². The second-order valence-electron chi connectivity index (χ2n) is 5.75. The Morgan fingerprint density at radius 3 is 2.33 bits per heavy atom. The number of carbonyl (C=O) groups excluding carboxylic acids is 1. The topological polar surface area (TPSA) is 66.4 Å². The van der Waals surface area contributed by atoms with Gasteiger partial charge < -0.3 is 10.4 Å². The quantitative estimate of drug-likeness (QED) is 0.687. The van der Waals surface area contributed by atoms with Crippen molar-refractivity contribution in [2.45, 2.75) is 64.7 Å². The average Bonchev–Trinajstić information content (AvgIpc) is 2.33. The van der Waals surface area contributed by atoms with Gasteiger partial charge in [0.25, 0.3) is 0 Å². The Morgan fingerprint density at radius 1 is 1.11 bits per heavy atom. The zero-order valence-electron chi connectivity index (χ0n) is 11.3. The van der Waals surface area contributed by atoms with Crippen molar-refractivity contribution < 1.29 is 14.7 Å². The Hall–Kier alpha value is -1.06. The van der Waals surface area contributed by atoms with Crippen molar-refractivity contribution in [2.24, 2.45) is 5.41 Å². The average molecular weight is 255 g/mol. The molecule has 0 saturated heterocycles. The fourth-order valence-corrected chi connectivity index (χ4v) is 2.54. The molecule has 4 heteroatoms. The summed E-state index contributed by atoms with van der Waals surface area (Å²) in [4.78, 5) is 21.9. The summed E-state index contributed by atoms with van der Waals surface area (Å²) >= 11 is 0. The third-order valence-electron chi connectivity index (χ3n) is 3.82. The fourth-order valence-electron chi connectivity index (χ4n) is 2.54. The van der Waals surface area contributed by atoms with E-state index in [1.54, 1.807) is 0 Å². The van der Waals surface area contributed by atoms with Crippen molar-refractivity contribution in [3.8, 4) is 0 Å². The summed E-state index contributed by atoms with van der Waals surface area (Å²) in [5, 5.41) is 11.5. The molecule has 1 fully saturated rings. The summed E-state index contributed by atoms with van der Waals surface area (Å²) in [5.41, 5.74) is 0.273. The third-order valence-corrected chi connectivity index (χ3v) is 3.82. The standard InChI is InChI=1S/C14H25NO3/c1-14(9-5-2-6-10-14)11-15-12(16)7-3-4-8-13(17)18/h2-11H2,1H3,(H,15,16)(H,17,18). The minimum Gasteiger partial charge on any atom is -0.481 e. The molecular formula is C14H25NO3. The van der Waals surface area contributed by atoms with Crippen LogP contribution >= 0.6 is 0 Å². The molecule has 0 bridgehead atoms. The van der Waals surface area contributed by atoms with Crippen molar-refractivity contribution in [1.82, 2.24) is 5.32 Å². The highest BCUT2D eigenvalue weighted by Crippen LogP contribution is 2.34. The number of rotatable bonds is 7. The van der Waals surface area contributed by atoms with E-state index in [9.17, 15) is 9.59 Å². The second kappa shape index (κ2) is 7.39. The lowest BCUT2D eigenvalue weighted by atomic mass is 9.76. The lowest BCUT2D eigenvalue weighted by Gasteiger charge is -2.33. The summed E-state index contributed by atoms with van der Waals surface area (Å²) in [6.45, 7) is 3.02. The van der Waals surface area contributed by atoms with Gasteiger partial charge in [-0.3, -0.25) is 9.59 Å². The number of nitrogens with one attached hydrogen (secondary N) is 1. The van der Waals surface area contributed by atoms with Gasteiger partial charge in [-0.2, -0.15) is 0 Å². The molecule has 1 rings (SSSR count). The summed E-state index contributed by atoms with van der Waals surface area (Å²) in [6.07, 6.45) is 8.11. The van der Waals surface area contributed by atoms with Gasteiger partial charge in [0.05, 0.1) is 0 Å². The Kier molecular flexibility index (Phi) is 6.16. The molecule has 0 atom stereocenters. The lowest BCUT2D eigenvalue weighted by Crippen LogP contribution is -2.36. The Labute approximate surface area is 109 Å². The zero-order valence-corrected chi connectivity index (χ0v) is 11.3. The summed E-state index contributed by atoms with van der Waals surface area (Å²) in [7, 11) is 0. The number of aliphatic carboxylic acids is 1. The predicted molar refractivity (Wildman–Crippen MR) is 70.3 cm³/mol. The highest BCUT2D eigenvalue weighted by atomic mass is 16.4. The van der Waals surface area contributed by atoms with E-state index in [1.165, 1.54) is 32.1 Å². The largest absolute Gasteiger partial charge is 0.481 e. The van der Waals surface area contributed by atoms with E-state index in [4.69, 9.17) is 5.11 Å². The van der Waals surface area contributed by atoms with Crippen LogP contribution in [-0.4, -0.2) is 23.5 Å². The molecule has 0 aromatic carbocycles. The maximum absolute atomic E-state index is 11.6. The van der Waals surface area contributed by atoms with Crippen molar-refractivity contribution in [3.63, 3.8) is 0 Å². The van der Waals surface area contributed by atoms with E-state index >= 15 is 0 Å². The van der Waals surface area contributed by atoms with Gasteiger partial charge in [0.1, 0.15) is 0 Å². The first kappa shape index (κ1) is 15.0. The van der Waals surface area contributed by atoms with Crippen molar-refractivity contribution >= 4 is 11.9 Å². The molecule has 0 heterocycles. The fraction of sp³-hybridized carbons (Fsp3) is 0.857. The minimum atomic E-state index is -0.787. The van der Waals surface area contributed by atoms with Crippen molar-refractivity contribution in [1.29, 1.82) is 0 Å². The molecule has 0 spiro atoms. The first-order valence-corrected chi connectivity index (χ1v) is 7.00. The number of hydrogen-bond donors (Lipinski definition) is 2. The van der Waals surface area contributed by atoms with Gasteiger partial charge in [0, 0.05) is 19.4 Å². The van der Waals surface area contributed by atoms with Crippen LogP contribution in [0.25, 0.3) is 0 Å². The molecule has 0 aliphatic heterocycles. The summed E-state index contributed by atoms with van der Waals surface area (Å²) in [5.74, 6) is -0.725. The Bertz CT molecular complexity index is 283. The molecule has 0 aromatic rings. The molecule has 104 valence electrons. The van der Waals surface area contributed by atoms with Crippen LogP contribution in [0.2, 0.25) is 0 Å². The highest BCUT2D eigenvalue weighted by Gasteiger charge is 2.26. The highest BCUT2D eigenvalue weighted by molar-refractivity contribution is 5.76. The van der Waals surface area contributed by atoms with Gasteiger partial charge in [-0.15, -0.1) is 0 Å². The Morgan fingerprint density at radius 2 is 1.72 bits per heavy atom. The molecular weight excluding hydrogens is 230 g/mol. The van der Waals surface area contributed by atoms with Crippen LogP contribution in [0.4, 0.5) is 0 Å². The first-order valence-electron chi connectivity index (χ1n) is 7.00. The van der Waals surface area contributed by atoms with E-state index in [1.807, 2.05) is 0 Å². The number of hydrogen-bond acceptors (Lipinski definition) is 2. The molecule has 1 saturated carbocycles.